The Labute approximate surface area is 157 Å². The first-order valence-corrected chi connectivity index (χ1v) is 9.55. The zero-order valence-corrected chi connectivity index (χ0v) is 15.5. The van der Waals surface area contributed by atoms with Gasteiger partial charge in [0.2, 0.25) is 0 Å². The molecular formula is C20H23NO6. The molecule has 2 bridgehead atoms. The lowest BCUT2D eigenvalue weighted by Crippen LogP contribution is -2.76. The lowest BCUT2D eigenvalue weighted by atomic mass is 9.49. The van der Waals surface area contributed by atoms with E-state index in [0.29, 0.717) is 31.4 Å². The van der Waals surface area contributed by atoms with Crippen molar-refractivity contribution in [2.75, 3.05) is 20.2 Å². The highest BCUT2D eigenvalue weighted by Gasteiger charge is 2.72. The van der Waals surface area contributed by atoms with Crippen molar-refractivity contribution in [2.24, 2.45) is 0 Å². The Morgan fingerprint density at radius 1 is 1.41 bits per heavy atom. The van der Waals surface area contributed by atoms with Gasteiger partial charge in [-0.15, -0.1) is 0 Å². The monoisotopic (exact) mass is 373 g/mol. The number of benzene rings is 1. The first kappa shape index (κ1) is 17.0. The minimum atomic E-state index is -1.03. The number of ketones is 1. The molecule has 1 N–H and O–H groups in total. The van der Waals surface area contributed by atoms with Gasteiger partial charge in [-0.25, -0.2) is 4.79 Å². The van der Waals surface area contributed by atoms with Crippen LogP contribution in [0.5, 0.6) is 11.5 Å². The highest BCUT2D eigenvalue weighted by Crippen LogP contribution is 2.64. The number of Topliss-reactive ketones (excluding diaryl/α,β-unsaturated/α-hetero) is 1. The number of hydrogen-bond acceptors (Lipinski definition) is 7. The van der Waals surface area contributed by atoms with E-state index >= 15 is 0 Å². The van der Waals surface area contributed by atoms with Gasteiger partial charge in [0.1, 0.15) is 0 Å². The minimum absolute atomic E-state index is 0.00844. The number of hydrogen-bond donors (Lipinski definition) is 1. The largest absolute Gasteiger partial charge is 0.513 e. The zero-order chi connectivity index (χ0) is 19.0. The molecule has 1 aromatic carbocycles. The molecule has 1 spiro atoms. The molecule has 4 aliphatic rings. The van der Waals surface area contributed by atoms with Crippen molar-refractivity contribution in [3.63, 3.8) is 0 Å². The smallest absolute Gasteiger partial charge is 0.477 e. The summed E-state index contributed by atoms with van der Waals surface area (Å²) in [5.41, 5.74) is 0.115. The van der Waals surface area contributed by atoms with Gasteiger partial charge in [0, 0.05) is 18.0 Å². The summed E-state index contributed by atoms with van der Waals surface area (Å²) in [6.45, 7) is 2.69. The number of rotatable bonds is 2. The molecule has 1 saturated heterocycles. The molecule has 2 aliphatic carbocycles. The Balaban J connectivity index is 1.70. The topological polar surface area (TPSA) is 85.3 Å². The number of carbonyl (C=O) groups excluding carboxylic acids is 2. The second-order valence-electron chi connectivity index (χ2n) is 8.02. The van der Waals surface area contributed by atoms with Crippen LogP contribution < -0.4 is 9.47 Å². The third kappa shape index (κ3) is 1.93. The van der Waals surface area contributed by atoms with Crippen LogP contribution >= 0.6 is 0 Å². The van der Waals surface area contributed by atoms with Crippen molar-refractivity contribution < 1.29 is 28.9 Å². The number of likely N-dealkylation sites (N-methyl/N-ethyl adjacent to an activating group) is 1. The first-order chi connectivity index (χ1) is 12.9. The van der Waals surface area contributed by atoms with Crippen LogP contribution in [-0.4, -0.2) is 59.9 Å². The molecule has 0 radical (unpaired) electrons. The molecule has 0 unspecified atom stereocenters. The number of piperidine rings is 1. The third-order valence-corrected chi connectivity index (χ3v) is 6.97. The molecular weight excluding hydrogens is 350 g/mol. The Hall–Kier alpha value is -2.12. The van der Waals surface area contributed by atoms with Crippen LogP contribution in [0.15, 0.2) is 12.1 Å². The van der Waals surface area contributed by atoms with Gasteiger partial charge < -0.3 is 24.2 Å². The van der Waals surface area contributed by atoms with E-state index in [1.165, 1.54) is 0 Å². The maximum Gasteiger partial charge on any atom is 0.513 e. The highest BCUT2D eigenvalue weighted by molar-refractivity contribution is 5.90. The Kier molecular flexibility index (Phi) is 3.44. The first-order valence-electron chi connectivity index (χ1n) is 9.55. The SMILES string of the molecule is CCOC(=O)Oc1ccc2c3c1O[C@H]1C(=O)CC[C@@]4(O)[C@@H](C2)N(C)CC[C@]314. The van der Waals surface area contributed by atoms with Gasteiger partial charge in [0.05, 0.1) is 17.6 Å². The van der Waals surface area contributed by atoms with Gasteiger partial charge in [0.15, 0.2) is 23.4 Å². The predicted octanol–water partition coefficient (Wildman–Crippen LogP) is 1.57. The van der Waals surface area contributed by atoms with Crippen molar-refractivity contribution in [2.45, 2.75) is 55.8 Å². The summed E-state index contributed by atoms with van der Waals surface area (Å²) in [4.78, 5) is 26.8. The predicted molar refractivity (Wildman–Crippen MR) is 94.1 cm³/mol. The van der Waals surface area contributed by atoms with E-state index in [-0.39, 0.29) is 24.2 Å². The summed E-state index contributed by atoms with van der Waals surface area (Å²) in [5, 5.41) is 11.9. The molecule has 7 nitrogen and oxygen atoms in total. The number of ether oxygens (including phenoxy) is 3. The second-order valence-corrected chi connectivity index (χ2v) is 8.02. The fourth-order valence-corrected chi connectivity index (χ4v) is 5.84. The van der Waals surface area contributed by atoms with Gasteiger partial charge in [0.25, 0.3) is 0 Å². The molecule has 1 saturated carbocycles. The van der Waals surface area contributed by atoms with Crippen LogP contribution in [0.2, 0.25) is 0 Å². The Morgan fingerprint density at radius 3 is 3.00 bits per heavy atom. The Bertz CT molecular complexity index is 853. The van der Waals surface area contributed by atoms with Crippen molar-refractivity contribution in [1.82, 2.24) is 4.90 Å². The molecule has 7 heteroatoms. The standard InChI is InChI=1S/C20H23NO6/c1-3-25-18(23)26-13-5-4-11-10-14-20(24)7-6-12(22)17-19(20,8-9-21(14)2)15(11)16(13)27-17/h4-5,14,17,24H,3,6-10H2,1-2H3/t14-,17+,19+,20-/m1/s1. The van der Waals surface area contributed by atoms with E-state index < -0.39 is 23.3 Å². The van der Waals surface area contributed by atoms with Crippen LogP contribution in [0.1, 0.15) is 37.3 Å². The van der Waals surface area contributed by atoms with Crippen LogP contribution in [0.25, 0.3) is 0 Å². The van der Waals surface area contributed by atoms with Gasteiger partial charge in [-0.2, -0.15) is 0 Å². The van der Waals surface area contributed by atoms with Crippen molar-refractivity contribution in [1.29, 1.82) is 0 Å². The number of carbonyl (C=O) groups is 2. The third-order valence-electron chi connectivity index (χ3n) is 6.97. The maximum absolute atomic E-state index is 12.8. The van der Waals surface area contributed by atoms with Crippen LogP contribution in [0, 0.1) is 0 Å². The van der Waals surface area contributed by atoms with Crippen molar-refractivity contribution in [3.8, 4) is 11.5 Å². The molecule has 2 heterocycles. The lowest BCUT2D eigenvalue weighted by molar-refractivity contribution is -0.185. The van der Waals surface area contributed by atoms with E-state index in [1.807, 2.05) is 13.1 Å². The van der Waals surface area contributed by atoms with Crippen molar-refractivity contribution in [3.05, 3.63) is 23.3 Å². The maximum atomic E-state index is 12.8. The van der Waals surface area contributed by atoms with Crippen LogP contribution in [0.4, 0.5) is 4.79 Å². The van der Waals surface area contributed by atoms with Crippen LogP contribution in [0.3, 0.4) is 0 Å². The van der Waals surface area contributed by atoms with E-state index in [2.05, 4.69) is 4.90 Å². The van der Waals surface area contributed by atoms with Crippen LogP contribution in [-0.2, 0) is 21.4 Å². The minimum Gasteiger partial charge on any atom is -0.477 e. The lowest BCUT2D eigenvalue weighted by Gasteiger charge is -2.61. The average molecular weight is 373 g/mol. The summed E-state index contributed by atoms with van der Waals surface area (Å²) in [7, 11) is 2.03. The van der Waals surface area contributed by atoms with Gasteiger partial charge in [-0.1, -0.05) is 6.07 Å². The normalized spacial score (nSPS) is 36.0. The summed E-state index contributed by atoms with van der Waals surface area (Å²) >= 11 is 0. The molecule has 144 valence electrons. The molecule has 2 fully saturated rings. The zero-order valence-electron chi connectivity index (χ0n) is 15.5. The number of likely N-dealkylation sites (tertiary alicyclic amines) is 1. The highest BCUT2D eigenvalue weighted by atomic mass is 16.7. The summed E-state index contributed by atoms with van der Waals surface area (Å²) in [5.74, 6) is 0.680. The summed E-state index contributed by atoms with van der Waals surface area (Å²) in [6.07, 6.45) is 0.515. The molecule has 27 heavy (non-hydrogen) atoms. The van der Waals surface area contributed by atoms with E-state index in [1.54, 1.807) is 13.0 Å². The molecule has 1 aromatic rings. The van der Waals surface area contributed by atoms with Crippen molar-refractivity contribution >= 4 is 11.9 Å². The van der Waals surface area contributed by atoms with Gasteiger partial charge in [-0.3, -0.25) is 4.79 Å². The number of aliphatic hydroxyl groups is 1. The average Bonchev–Trinajstić information content (AvgIpc) is 2.99. The van der Waals surface area contributed by atoms with Gasteiger partial charge >= 0.3 is 6.16 Å². The fraction of sp³-hybridized carbons (Fsp3) is 0.600. The molecule has 4 atom stereocenters. The molecule has 0 aromatic heterocycles. The summed E-state index contributed by atoms with van der Waals surface area (Å²) < 4.78 is 16.4. The van der Waals surface area contributed by atoms with E-state index in [9.17, 15) is 14.7 Å². The summed E-state index contributed by atoms with van der Waals surface area (Å²) in [6, 6.07) is 3.57. The Morgan fingerprint density at radius 2 is 2.22 bits per heavy atom. The quantitative estimate of drug-likeness (QED) is 0.622. The molecule has 2 aliphatic heterocycles. The fourth-order valence-electron chi connectivity index (χ4n) is 5.84. The van der Waals surface area contributed by atoms with E-state index in [0.717, 1.165) is 17.7 Å². The molecule has 0 amide bonds. The van der Waals surface area contributed by atoms with Gasteiger partial charge in [-0.05, 0) is 51.4 Å². The second kappa shape index (κ2) is 5.45. The number of nitrogens with zero attached hydrogens (tertiary/aromatic N) is 1. The molecule has 5 rings (SSSR count). The van der Waals surface area contributed by atoms with E-state index in [4.69, 9.17) is 14.2 Å².